The van der Waals surface area contributed by atoms with Crippen LogP contribution in [-0.2, 0) is 4.74 Å². The van der Waals surface area contributed by atoms with E-state index in [0.29, 0.717) is 23.8 Å². The maximum atomic E-state index is 11.7. The van der Waals surface area contributed by atoms with Crippen LogP contribution in [0, 0.1) is 3.57 Å². The fourth-order valence-electron chi connectivity index (χ4n) is 1.82. The molecule has 2 rings (SSSR count). The van der Waals surface area contributed by atoms with Crippen molar-refractivity contribution < 1.29 is 14.3 Å². The Morgan fingerprint density at radius 2 is 2.18 bits per heavy atom. The van der Waals surface area contributed by atoms with Crippen LogP contribution >= 0.6 is 22.6 Å². The van der Waals surface area contributed by atoms with E-state index < -0.39 is 0 Å². The van der Waals surface area contributed by atoms with E-state index in [1.807, 2.05) is 19.1 Å². The minimum absolute atomic E-state index is 0.327. The Balaban J connectivity index is 2.43. The molecule has 0 bridgehead atoms. The van der Waals surface area contributed by atoms with Gasteiger partial charge in [-0.3, -0.25) is 0 Å². The van der Waals surface area contributed by atoms with Crippen LogP contribution in [0.2, 0.25) is 0 Å². The number of carbonyl (C=O) groups excluding carboxylic acids is 1. The van der Waals surface area contributed by atoms with Gasteiger partial charge in [-0.2, -0.15) is 0 Å². The molecule has 0 saturated heterocycles. The summed E-state index contributed by atoms with van der Waals surface area (Å²) in [7, 11) is 1.40. The van der Waals surface area contributed by atoms with Gasteiger partial charge in [0, 0.05) is 3.57 Å². The second-order valence-electron chi connectivity index (χ2n) is 4.07. The third kappa shape index (κ3) is 2.73. The molecule has 1 fully saturated rings. The average Bonchev–Trinajstić information content (AvgIpc) is 3.13. The zero-order valence-corrected chi connectivity index (χ0v) is 12.1. The van der Waals surface area contributed by atoms with Gasteiger partial charge in [0.05, 0.1) is 13.7 Å². The van der Waals surface area contributed by atoms with Crippen molar-refractivity contribution in [2.45, 2.75) is 25.7 Å². The molecule has 0 N–H and O–H groups in total. The predicted octanol–water partition coefficient (Wildman–Crippen LogP) is 3.35. The molecule has 0 aliphatic heterocycles. The molecule has 0 heterocycles. The highest BCUT2D eigenvalue weighted by atomic mass is 127. The van der Waals surface area contributed by atoms with Crippen LogP contribution in [0.25, 0.3) is 0 Å². The summed E-state index contributed by atoms with van der Waals surface area (Å²) in [4.78, 5) is 11.7. The molecule has 17 heavy (non-hydrogen) atoms. The van der Waals surface area contributed by atoms with E-state index in [1.54, 1.807) is 0 Å². The Kier molecular flexibility index (Phi) is 3.91. The number of halogens is 1. The van der Waals surface area contributed by atoms with Crippen LogP contribution in [-0.4, -0.2) is 19.7 Å². The van der Waals surface area contributed by atoms with Gasteiger partial charge in [0.15, 0.2) is 0 Å². The van der Waals surface area contributed by atoms with Crippen molar-refractivity contribution in [3.05, 3.63) is 26.8 Å². The van der Waals surface area contributed by atoms with E-state index in [9.17, 15) is 4.79 Å². The van der Waals surface area contributed by atoms with Crippen molar-refractivity contribution in [2.24, 2.45) is 0 Å². The Hall–Kier alpha value is -0.780. The van der Waals surface area contributed by atoms with Gasteiger partial charge in [-0.05, 0) is 66.0 Å². The quantitative estimate of drug-likeness (QED) is 0.620. The summed E-state index contributed by atoms with van der Waals surface area (Å²) in [6, 6.07) is 3.86. The van der Waals surface area contributed by atoms with E-state index in [0.717, 1.165) is 0 Å². The molecule has 1 aromatic carbocycles. The summed E-state index contributed by atoms with van der Waals surface area (Å²) in [6.45, 7) is 2.45. The average molecular weight is 346 g/mol. The van der Waals surface area contributed by atoms with E-state index in [4.69, 9.17) is 9.47 Å². The van der Waals surface area contributed by atoms with Crippen LogP contribution in [0.15, 0.2) is 12.1 Å². The van der Waals surface area contributed by atoms with Gasteiger partial charge in [-0.25, -0.2) is 4.79 Å². The van der Waals surface area contributed by atoms with Crippen LogP contribution in [0.5, 0.6) is 5.75 Å². The normalized spacial score (nSPS) is 14.5. The highest BCUT2D eigenvalue weighted by Gasteiger charge is 2.28. The van der Waals surface area contributed by atoms with Crippen LogP contribution in [0.4, 0.5) is 0 Å². The molecule has 4 heteroatoms. The molecule has 0 atom stereocenters. The lowest BCUT2D eigenvalue weighted by Crippen LogP contribution is -2.07. The first-order chi connectivity index (χ1) is 8.17. The number of esters is 1. The summed E-state index contributed by atoms with van der Waals surface area (Å²) >= 11 is 2.30. The van der Waals surface area contributed by atoms with E-state index in [2.05, 4.69) is 22.6 Å². The number of methoxy groups -OCH3 is 1. The van der Waals surface area contributed by atoms with Crippen LogP contribution in [0.1, 0.15) is 41.6 Å². The third-order valence-corrected chi connectivity index (χ3v) is 3.76. The summed E-state index contributed by atoms with van der Waals surface area (Å²) < 4.78 is 11.5. The molecule has 1 aliphatic rings. The van der Waals surface area contributed by atoms with Crippen molar-refractivity contribution >= 4 is 28.6 Å². The molecule has 92 valence electrons. The SMILES string of the molecule is CCOc1cc(I)c(C2CC2)cc1C(=O)OC. The number of carbonyl (C=O) groups is 1. The highest BCUT2D eigenvalue weighted by molar-refractivity contribution is 14.1. The second kappa shape index (κ2) is 5.25. The summed E-state index contributed by atoms with van der Waals surface area (Å²) in [5.74, 6) is 0.904. The molecule has 0 spiro atoms. The topological polar surface area (TPSA) is 35.5 Å². The van der Waals surface area contributed by atoms with Crippen molar-refractivity contribution in [3.63, 3.8) is 0 Å². The standard InChI is InChI=1S/C13H15IO3/c1-3-17-12-7-11(14)9(8-4-5-8)6-10(12)13(15)16-2/h6-8H,3-5H2,1-2H3. The van der Waals surface area contributed by atoms with Crippen molar-refractivity contribution in [3.8, 4) is 5.75 Å². The monoisotopic (exact) mass is 346 g/mol. The predicted molar refractivity (Wildman–Crippen MR) is 73.6 cm³/mol. The molecule has 0 aromatic heterocycles. The van der Waals surface area contributed by atoms with Crippen LogP contribution < -0.4 is 4.74 Å². The summed E-state index contributed by atoms with van der Waals surface area (Å²) in [5, 5.41) is 0. The largest absolute Gasteiger partial charge is 0.493 e. The lowest BCUT2D eigenvalue weighted by molar-refractivity contribution is 0.0596. The first-order valence-electron chi connectivity index (χ1n) is 5.72. The Labute approximate surface area is 115 Å². The van der Waals surface area contributed by atoms with Gasteiger partial charge in [-0.1, -0.05) is 0 Å². The lowest BCUT2D eigenvalue weighted by Gasteiger charge is -2.12. The molecule has 0 unspecified atom stereocenters. The first kappa shape index (κ1) is 12.7. The Morgan fingerprint density at radius 3 is 2.71 bits per heavy atom. The molecule has 0 radical (unpaired) electrons. The van der Waals surface area contributed by atoms with Crippen LogP contribution in [0.3, 0.4) is 0 Å². The number of hydrogen-bond acceptors (Lipinski definition) is 3. The third-order valence-electron chi connectivity index (χ3n) is 2.82. The summed E-state index contributed by atoms with van der Waals surface area (Å²) in [6.07, 6.45) is 2.43. The van der Waals surface area contributed by atoms with Gasteiger partial charge < -0.3 is 9.47 Å². The molecule has 3 nitrogen and oxygen atoms in total. The van der Waals surface area contributed by atoms with Gasteiger partial charge in [-0.15, -0.1) is 0 Å². The maximum Gasteiger partial charge on any atom is 0.341 e. The van der Waals surface area contributed by atoms with Gasteiger partial charge in [0.2, 0.25) is 0 Å². The van der Waals surface area contributed by atoms with E-state index >= 15 is 0 Å². The molecule has 0 amide bonds. The van der Waals surface area contributed by atoms with E-state index in [1.165, 1.54) is 29.1 Å². The lowest BCUT2D eigenvalue weighted by atomic mass is 10.1. The molecular formula is C13H15IO3. The smallest absolute Gasteiger partial charge is 0.341 e. The fourth-order valence-corrected chi connectivity index (χ4v) is 2.70. The van der Waals surface area contributed by atoms with Crippen molar-refractivity contribution in [2.75, 3.05) is 13.7 Å². The minimum Gasteiger partial charge on any atom is -0.493 e. The molecule has 1 saturated carbocycles. The van der Waals surface area contributed by atoms with Gasteiger partial charge in [0.25, 0.3) is 0 Å². The zero-order chi connectivity index (χ0) is 12.4. The second-order valence-corrected chi connectivity index (χ2v) is 5.23. The number of ether oxygens (including phenoxy) is 2. The first-order valence-corrected chi connectivity index (χ1v) is 6.79. The molecular weight excluding hydrogens is 331 g/mol. The number of rotatable bonds is 4. The fraction of sp³-hybridized carbons (Fsp3) is 0.462. The van der Waals surface area contributed by atoms with Crippen molar-refractivity contribution in [1.82, 2.24) is 0 Å². The van der Waals surface area contributed by atoms with Crippen molar-refractivity contribution in [1.29, 1.82) is 0 Å². The number of hydrogen-bond donors (Lipinski definition) is 0. The zero-order valence-electron chi connectivity index (χ0n) is 9.96. The molecule has 1 aromatic rings. The van der Waals surface area contributed by atoms with Gasteiger partial charge in [0.1, 0.15) is 11.3 Å². The highest BCUT2D eigenvalue weighted by Crippen LogP contribution is 2.43. The number of benzene rings is 1. The Morgan fingerprint density at radius 1 is 1.47 bits per heavy atom. The molecule has 1 aliphatic carbocycles. The summed E-state index contributed by atoms with van der Waals surface area (Å²) in [5.41, 5.74) is 1.78. The van der Waals surface area contributed by atoms with E-state index in [-0.39, 0.29) is 5.97 Å². The Bertz CT molecular complexity index is 439. The maximum absolute atomic E-state index is 11.7. The minimum atomic E-state index is -0.327. The van der Waals surface area contributed by atoms with Gasteiger partial charge >= 0.3 is 5.97 Å².